The number of methoxy groups -OCH3 is 3. The fourth-order valence-corrected chi connectivity index (χ4v) is 3.72. The third kappa shape index (κ3) is 3.69. The predicted octanol–water partition coefficient (Wildman–Crippen LogP) is 3.47. The number of ether oxygens (including phenoxy) is 4. The second-order valence-electron chi connectivity index (χ2n) is 6.30. The number of hydrogen-bond donors (Lipinski definition) is 1. The van der Waals surface area contributed by atoms with Crippen LogP contribution in [0.3, 0.4) is 0 Å². The molecule has 0 fully saturated rings. The van der Waals surface area contributed by atoms with Gasteiger partial charge in [-0.3, -0.25) is 9.59 Å². The van der Waals surface area contributed by atoms with E-state index in [0.29, 0.717) is 44.4 Å². The van der Waals surface area contributed by atoms with Gasteiger partial charge in [0.05, 0.1) is 37.1 Å². The van der Waals surface area contributed by atoms with Crippen molar-refractivity contribution in [3.05, 3.63) is 34.3 Å². The minimum atomic E-state index is -0.595. The van der Waals surface area contributed by atoms with Crippen LogP contribution in [0.2, 0.25) is 0 Å². The van der Waals surface area contributed by atoms with E-state index in [1.165, 1.54) is 26.2 Å². The number of carbonyl (C=O) groups is 2. The van der Waals surface area contributed by atoms with Gasteiger partial charge in [0.15, 0.2) is 17.6 Å². The van der Waals surface area contributed by atoms with Crippen molar-refractivity contribution in [3.8, 4) is 23.0 Å². The van der Waals surface area contributed by atoms with Crippen LogP contribution in [0.5, 0.6) is 23.0 Å². The zero-order valence-electron chi connectivity index (χ0n) is 16.7. The van der Waals surface area contributed by atoms with Crippen LogP contribution >= 0.6 is 15.9 Å². The molecule has 1 unspecified atom stereocenters. The molecule has 1 N–H and O–H groups in total. The molecule has 2 aromatic carbocycles. The molecule has 0 saturated carbocycles. The molecular formula is C20H21BrN2O6. The Kier molecular flexibility index (Phi) is 5.88. The molecule has 8 nitrogen and oxygen atoms in total. The molecule has 154 valence electrons. The number of hydrogen-bond acceptors (Lipinski definition) is 6. The van der Waals surface area contributed by atoms with Crippen LogP contribution in [0.4, 0.5) is 11.4 Å². The first kappa shape index (κ1) is 20.8. The SMILES string of the molecule is COc1cc(C(=O)Nc2ccc3c(c2)OC(C)C(=O)N3C)c(Br)c(OC)c1OC. The number of likely N-dealkylation sites (N-methyl/N-ethyl adjacent to an activating group) is 1. The Bertz CT molecular complexity index is 978. The molecule has 1 atom stereocenters. The van der Waals surface area contributed by atoms with Crippen molar-refractivity contribution in [3.63, 3.8) is 0 Å². The summed E-state index contributed by atoms with van der Waals surface area (Å²) in [4.78, 5) is 26.5. The maximum atomic E-state index is 12.9. The van der Waals surface area contributed by atoms with Gasteiger partial charge < -0.3 is 29.2 Å². The molecule has 0 spiro atoms. The molecule has 0 radical (unpaired) electrons. The molecular weight excluding hydrogens is 444 g/mol. The van der Waals surface area contributed by atoms with Crippen molar-refractivity contribution in [2.45, 2.75) is 13.0 Å². The molecule has 1 heterocycles. The minimum absolute atomic E-state index is 0.129. The lowest BCUT2D eigenvalue weighted by Crippen LogP contribution is -2.41. The summed E-state index contributed by atoms with van der Waals surface area (Å²) in [7, 11) is 6.13. The van der Waals surface area contributed by atoms with Crippen molar-refractivity contribution < 1.29 is 28.5 Å². The lowest BCUT2D eigenvalue weighted by molar-refractivity contribution is -0.125. The fraction of sp³-hybridized carbons (Fsp3) is 0.300. The fourth-order valence-electron chi connectivity index (χ4n) is 3.08. The summed E-state index contributed by atoms with van der Waals surface area (Å²) >= 11 is 3.40. The van der Waals surface area contributed by atoms with Gasteiger partial charge >= 0.3 is 0 Å². The molecule has 2 amide bonds. The molecule has 1 aliphatic rings. The number of nitrogens with one attached hydrogen (secondary N) is 1. The quantitative estimate of drug-likeness (QED) is 0.728. The van der Waals surface area contributed by atoms with Crippen LogP contribution in [0.1, 0.15) is 17.3 Å². The third-order valence-corrected chi connectivity index (χ3v) is 5.36. The summed E-state index contributed by atoms with van der Waals surface area (Å²) < 4.78 is 22.1. The maximum absolute atomic E-state index is 12.9. The molecule has 3 rings (SSSR count). The van der Waals surface area contributed by atoms with Gasteiger partial charge in [-0.05, 0) is 41.1 Å². The van der Waals surface area contributed by atoms with Crippen molar-refractivity contribution in [1.82, 2.24) is 0 Å². The molecule has 9 heteroatoms. The first-order valence-electron chi connectivity index (χ1n) is 8.70. The summed E-state index contributed by atoms with van der Waals surface area (Å²) in [6, 6.07) is 6.66. The predicted molar refractivity (Wildman–Crippen MR) is 112 cm³/mol. The van der Waals surface area contributed by atoms with E-state index in [-0.39, 0.29) is 11.8 Å². The lowest BCUT2D eigenvalue weighted by atomic mass is 10.1. The smallest absolute Gasteiger partial charge is 0.267 e. The molecule has 1 aliphatic heterocycles. The van der Waals surface area contributed by atoms with E-state index in [1.54, 1.807) is 38.2 Å². The zero-order valence-corrected chi connectivity index (χ0v) is 18.2. The van der Waals surface area contributed by atoms with Gasteiger partial charge in [0.25, 0.3) is 11.8 Å². The highest BCUT2D eigenvalue weighted by atomic mass is 79.9. The summed E-state index contributed by atoms with van der Waals surface area (Å²) in [5.41, 5.74) is 1.46. The zero-order chi connectivity index (χ0) is 21.3. The van der Waals surface area contributed by atoms with E-state index in [9.17, 15) is 9.59 Å². The summed E-state index contributed by atoms with van der Waals surface area (Å²) in [6.45, 7) is 1.68. The largest absolute Gasteiger partial charge is 0.493 e. The second kappa shape index (κ2) is 8.20. The van der Waals surface area contributed by atoms with E-state index in [0.717, 1.165) is 0 Å². The van der Waals surface area contributed by atoms with E-state index in [4.69, 9.17) is 18.9 Å². The van der Waals surface area contributed by atoms with Crippen LogP contribution in [0.25, 0.3) is 0 Å². The van der Waals surface area contributed by atoms with Gasteiger partial charge in [0.1, 0.15) is 5.75 Å². The Morgan fingerprint density at radius 3 is 2.45 bits per heavy atom. The average molecular weight is 465 g/mol. The number of amides is 2. The Morgan fingerprint density at radius 1 is 1.14 bits per heavy atom. The molecule has 0 bridgehead atoms. The number of carbonyl (C=O) groups excluding carboxylic acids is 2. The topological polar surface area (TPSA) is 86.3 Å². The third-order valence-electron chi connectivity index (χ3n) is 4.58. The minimum Gasteiger partial charge on any atom is -0.493 e. The van der Waals surface area contributed by atoms with Crippen LogP contribution in [-0.2, 0) is 4.79 Å². The summed E-state index contributed by atoms with van der Waals surface area (Å²) in [5, 5.41) is 2.83. The molecule has 29 heavy (non-hydrogen) atoms. The molecule has 2 aromatic rings. The molecule has 0 aliphatic carbocycles. The highest BCUT2D eigenvalue weighted by Crippen LogP contribution is 2.45. The van der Waals surface area contributed by atoms with Gasteiger partial charge in [-0.15, -0.1) is 0 Å². The highest BCUT2D eigenvalue weighted by molar-refractivity contribution is 9.10. The van der Waals surface area contributed by atoms with E-state index in [2.05, 4.69) is 21.2 Å². The Morgan fingerprint density at radius 2 is 1.83 bits per heavy atom. The number of fused-ring (bicyclic) bond motifs is 1. The Labute approximate surface area is 176 Å². The van der Waals surface area contributed by atoms with Crippen molar-refractivity contribution in [2.24, 2.45) is 0 Å². The number of rotatable bonds is 5. The Balaban J connectivity index is 1.94. The van der Waals surface area contributed by atoms with E-state index in [1.807, 2.05) is 0 Å². The maximum Gasteiger partial charge on any atom is 0.267 e. The van der Waals surface area contributed by atoms with Gasteiger partial charge in [0, 0.05) is 18.8 Å². The normalized spacial score (nSPS) is 15.3. The second-order valence-corrected chi connectivity index (χ2v) is 7.09. The van der Waals surface area contributed by atoms with Crippen molar-refractivity contribution in [1.29, 1.82) is 0 Å². The van der Waals surface area contributed by atoms with Gasteiger partial charge in [-0.1, -0.05) is 0 Å². The Hall–Kier alpha value is -2.94. The summed E-state index contributed by atoms with van der Waals surface area (Å²) in [6.07, 6.45) is -0.595. The number of benzene rings is 2. The number of nitrogens with zero attached hydrogens (tertiary/aromatic N) is 1. The van der Waals surface area contributed by atoms with E-state index >= 15 is 0 Å². The molecule has 0 aromatic heterocycles. The van der Waals surface area contributed by atoms with Crippen molar-refractivity contribution in [2.75, 3.05) is 38.6 Å². The van der Waals surface area contributed by atoms with Crippen LogP contribution in [0.15, 0.2) is 28.7 Å². The van der Waals surface area contributed by atoms with Gasteiger partial charge in [-0.25, -0.2) is 0 Å². The van der Waals surface area contributed by atoms with E-state index < -0.39 is 6.10 Å². The van der Waals surface area contributed by atoms with Crippen LogP contribution in [0, 0.1) is 0 Å². The average Bonchev–Trinajstić information content (AvgIpc) is 2.71. The van der Waals surface area contributed by atoms with Crippen LogP contribution in [-0.4, -0.2) is 46.3 Å². The molecule has 0 saturated heterocycles. The van der Waals surface area contributed by atoms with Crippen LogP contribution < -0.4 is 29.2 Å². The standard InChI is InChI=1S/C20H21BrN2O6/c1-10-20(25)23(2)13-7-6-11(8-14(13)29-10)22-19(24)12-9-15(26-3)17(27-4)18(28-5)16(12)21/h6-10H,1-5H3,(H,22,24). The van der Waals surface area contributed by atoms with Gasteiger partial charge in [-0.2, -0.15) is 0 Å². The first-order chi connectivity index (χ1) is 13.8. The monoisotopic (exact) mass is 464 g/mol. The number of anilines is 2. The van der Waals surface area contributed by atoms with Crippen molar-refractivity contribution >= 4 is 39.1 Å². The summed E-state index contributed by atoms with van der Waals surface area (Å²) in [5.74, 6) is 1.09. The number of halogens is 1. The first-order valence-corrected chi connectivity index (χ1v) is 9.49. The highest BCUT2D eigenvalue weighted by Gasteiger charge is 2.29. The lowest BCUT2D eigenvalue weighted by Gasteiger charge is -2.30. The van der Waals surface area contributed by atoms with Gasteiger partial charge in [0.2, 0.25) is 5.75 Å².